The monoisotopic (exact) mass is 371 g/mol. The zero-order valence-electron chi connectivity index (χ0n) is 12.4. The molecule has 0 aliphatic heterocycles. The normalized spacial score (nSPS) is 12.7. The molecule has 0 saturated heterocycles. The first kappa shape index (κ1) is 21.3. The number of nitrogens with two attached hydrogens (primary N) is 1. The standard InChI is InChI=1S/C12H21N3O4S2.ClH/c1-12(2,13)10-15-20(16,17)9-8-14-21(18,19)11-6-4-3-5-7-11;/h3-7,14-15H,8-10,13H2,1-2H3;1H. The Labute approximate surface area is 138 Å². The van der Waals surface area contributed by atoms with Gasteiger partial charge in [0.15, 0.2) is 0 Å². The molecule has 0 aromatic heterocycles. The number of nitrogens with one attached hydrogen (secondary N) is 2. The van der Waals surface area contributed by atoms with Crippen molar-refractivity contribution >= 4 is 32.5 Å². The molecule has 0 heterocycles. The summed E-state index contributed by atoms with van der Waals surface area (Å²) in [6.45, 7) is 3.25. The highest BCUT2D eigenvalue weighted by Gasteiger charge is 2.18. The fraction of sp³-hybridized carbons (Fsp3) is 0.500. The molecule has 0 saturated carbocycles. The first-order valence-electron chi connectivity index (χ1n) is 6.33. The van der Waals surface area contributed by atoms with E-state index in [0.29, 0.717) is 0 Å². The van der Waals surface area contributed by atoms with Gasteiger partial charge in [0.1, 0.15) is 0 Å². The summed E-state index contributed by atoms with van der Waals surface area (Å²) in [5, 5.41) is 0. The Hall–Kier alpha value is -0.710. The van der Waals surface area contributed by atoms with Crippen molar-refractivity contribution in [1.82, 2.24) is 9.44 Å². The van der Waals surface area contributed by atoms with Gasteiger partial charge in [-0.05, 0) is 26.0 Å². The van der Waals surface area contributed by atoms with Crippen LogP contribution in [-0.4, -0.2) is 41.2 Å². The zero-order valence-corrected chi connectivity index (χ0v) is 14.9. The molecule has 0 fully saturated rings. The van der Waals surface area contributed by atoms with Crippen LogP contribution in [0.4, 0.5) is 0 Å². The largest absolute Gasteiger partial charge is 0.324 e. The molecule has 1 aromatic rings. The second-order valence-electron chi connectivity index (χ2n) is 5.34. The zero-order chi connectivity index (χ0) is 16.1. The Kier molecular flexibility index (Phi) is 7.96. The minimum Gasteiger partial charge on any atom is -0.324 e. The fourth-order valence-corrected chi connectivity index (χ4v) is 3.65. The molecule has 1 aromatic carbocycles. The summed E-state index contributed by atoms with van der Waals surface area (Å²) in [6.07, 6.45) is 0. The molecule has 1 rings (SSSR count). The summed E-state index contributed by atoms with van der Waals surface area (Å²) >= 11 is 0. The van der Waals surface area contributed by atoms with E-state index in [4.69, 9.17) is 5.73 Å². The number of rotatable bonds is 8. The molecular weight excluding hydrogens is 350 g/mol. The van der Waals surface area contributed by atoms with Crippen LogP contribution in [0.15, 0.2) is 35.2 Å². The van der Waals surface area contributed by atoms with Gasteiger partial charge in [0.25, 0.3) is 0 Å². The van der Waals surface area contributed by atoms with Crippen molar-refractivity contribution < 1.29 is 16.8 Å². The van der Waals surface area contributed by atoms with E-state index < -0.39 is 25.6 Å². The molecule has 0 bridgehead atoms. The van der Waals surface area contributed by atoms with Gasteiger partial charge in [-0.15, -0.1) is 12.4 Å². The molecular formula is C12H22ClN3O4S2. The lowest BCUT2D eigenvalue weighted by atomic mass is 10.1. The van der Waals surface area contributed by atoms with E-state index in [0.717, 1.165) is 0 Å². The summed E-state index contributed by atoms with van der Waals surface area (Å²) in [4.78, 5) is 0.0958. The predicted molar refractivity (Wildman–Crippen MR) is 88.9 cm³/mol. The van der Waals surface area contributed by atoms with Gasteiger partial charge in [0.2, 0.25) is 20.0 Å². The van der Waals surface area contributed by atoms with Crippen molar-refractivity contribution in [3.63, 3.8) is 0 Å². The highest BCUT2D eigenvalue weighted by atomic mass is 35.5. The number of hydrogen-bond donors (Lipinski definition) is 3. The van der Waals surface area contributed by atoms with Crippen molar-refractivity contribution in [2.45, 2.75) is 24.3 Å². The van der Waals surface area contributed by atoms with Gasteiger partial charge >= 0.3 is 0 Å². The Morgan fingerprint density at radius 2 is 1.59 bits per heavy atom. The fourth-order valence-electron chi connectivity index (χ4n) is 1.36. The van der Waals surface area contributed by atoms with E-state index in [9.17, 15) is 16.8 Å². The summed E-state index contributed by atoms with van der Waals surface area (Å²) in [6, 6.07) is 7.76. The molecule has 0 aliphatic carbocycles. The van der Waals surface area contributed by atoms with E-state index >= 15 is 0 Å². The van der Waals surface area contributed by atoms with Crippen molar-refractivity contribution in [2.24, 2.45) is 5.73 Å². The van der Waals surface area contributed by atoms with Crippen LogP contribution in [0.25, 0.3) is 0 Å². The van der Waals surface area contributed by atoms with Gasteiger partial charge in [-0.25, -0.2) is 26.3 Å². The second kappa shape index (κ2) is 8.23. The first-order chi connectivity index (χ1) is 9.52. The van der Waals surface area contributed by atoms with Crippen molar-refractivity contribution in [3.8, 4) is 0 Å². The minimum absolute atomic E-state index is 0. The van der Waals surface area contributed by atoms with Crippen molar-refractivity contribution in [1.29, 1.82) is 0 Å². The molecule has 22 heavy (non-hydrogen) atoms. The third kappa shape index (κ3) is 8.06. The van der Waals surface area contributed by atoms with E-state index in [1.807, 2.05) is 0 Å². The number of sulfonamides is 2. The Bertz CT molecular complexity index is 655. The van der Waals surface area contributed by atoms with Crippen LogP contribution >= 0.6 is 12.4 Å². The summed E-state index contributed by atoms with van der Waals surface area (Å²) < 4.78 is 51.8. The lowest BCUT2D eigenvalue weighted by molar-refractivity contribution is 0.497. The average molecular weight is 372 g/mol. The Morgan fingerprint density at radius 1 is 1.05 bits per heavy atom. The van der Waals surface area contributed by atoms with Crippen molar-refractivity contribution in [3.05, 3.63) is 30.3 Å². The van der Waals surface area contributed by atoms with Crippen LogP contribution in [0.1, 0.15) is 13.8 Å². The van der Waals surface area contributed by atoms with Crippen molar-refractivity contribution in [2.75, 3.05) is 18.8 Å². The number of hydrogen-bond acceptors (Lipinski definition) is 5. The molecule has 0 atom stereocenters. The summed E-state index contributed by atoms with van der Waals surface area (Å²) in [5.41, 5.74) is 5.01. The minimum atomic E-state index is -3.69. The maximum absolute atomic E-state index is 11.9. The number of halogens is 1. The van der Waals surface area contributed by atoms with E-state index in [-0.39, 0.29) is 36.1 Å². The molecule has 4 N–H and O–H groups in total. The molecule has 0 unspecified atom stereocenters. The molecule has 0 aliphatic rings. The molecule has 10 heteroatoms. The highest BCUT2D eigenvalue weighted by Crippen LogP contribution is 2.06. The third-order valence-electron chi connectivity index (χ3n) is 2.46. The Balaban J connectivity index is 0.00000441. The maximum atomic E-state index is 11.9. The van der Waals surface area contributed by atoms with Crippen LogP contribution in [-0.2, 0) is 20.0 Å². The molecule has 7 nitrogen and oxygen atoms in total. The lowest BCUT2D eigenvalue weighted by Crippen LogP contribution is -2.46. The van der Waals surface area contributed by atoms with Gasteiger partial charge in [-0.1, -0.05) is 18.2 Å². The van der Waals surface area contributed by atoms with Gasteiger partial charge in [0.05, 0.1) is 10.6 Å². The Morgan fingerprint density at radius 3 is 2.09 bits per heavy atom. The van der Waals surface area contributed by atoms with Gasteiger partial charge < -0.3 is 5.73 Å². The first-order valence-corrected chi connectivity index (χ1v) is 9.46. The third-order valence-corrected chi connectivity index (χ3v) is 5.27. The highest BCUT2D eigenvalue weighted by molar-refractivity contribution is 7.90. The van der Waals surface area contributed by atoms with E-state index in [1.165, 1.54) is 12.1 Å². The van der Waals surface area contributed by atoms with E-state index in [1.54, 1.807) is 32.0 Å². The van der Waals surface area contributed by atoms with Gasteiger partial charge in [-0.2, -0.15) is 0 Å². The van der Waals surface area contributed by atoms with Crippen LogP contribution < -0.4 is 15.2 Å². The van der Waals surface area contributed by atoms with Crippen LogP contribution in [0.2, 0.25) is 0 Å². The summed E-state index contributed by atoms with van der Waals surface area (Å²) in [5.74, 6) is -0.352. The van der Waals surface area contributed by atoms with Gasteiger partial charge in [-0.3, -0.25) is 0 Å². The van der Waals surface area contributed by atoms with Crippen LogP contribution in [0, 0.1) is 0 Å². The molecule has 0 spiro atoms. The molecule has 128 valence electrons. The van der Waals surface area contributed by atoms with E-state index in [2.05, 4.69) is 9.44 Å². The smallest absolute Gasteiger partial charge is 0.240 e. The van der Waals surface area contributed by atoms with Crippen LogP contribution in [0.3, 0.4) is 0 Å². The topological polar surface area (TPSA) is 118 Å². The number of benzene rings is 1. The van der Waals surface area contributed by atoms with Gasteiger partial charge in [0, 0.05) is 18.6 Å². The molecule has 0 amide bonds. The lowest BCUT2D eigenvalue weighted by Gasteiger charge is -2.18. The molecule has 0 radical (unpaired) electrons. The summed E-state index contributed by atoms with van der Waals surface area (Å²) in [7, 11) is -7.27. The SMILES string of the molecule is CC(C)(N)CNS(=O)(=O)CCNS(=O)(=O)c1ccccc1.Cl. The second-order valence-corrected chi connectivity index (χ2v) is 9.03. The maximum Gasteiger partial charge on any atom is 0.240 e. The average Bonchev–Trinajstić information content (AvgIpc) is 2.36. The quantitative estimate of drug-likeness (QED) is 0.596. The predicted octanol–water partition coefficient (Wildman–Crippen LogP) is 0.0434. The van der Waals surface area contributed by atoms with Crippen LogP contribution in [0.5, 0.6) is 0 Å².